The van der Waals surface area contributed by atoms with E-state index in [0.29, 0.717) is 35.8 Å². The molecule has 7 heteroatoms. The summed E-state index contributed by atoms with van der Waals surface area (Å²) in [6.45, 7) is 10.5. The lowest BCUT2D eigenvalue weighted by molar-refractivity contribution is 0.0918. The van der Waals surface area contributed by atoms with E-state index >= 15 is 0 Å². The first kappa shape index (κ1) is 25.5. The minimum atomic E-state index is -0.709. The molecule has 1 rings (SSSR count). The molecule has 27 heavy (non-hydrogen) atoms. The molecule has 0 aromatic heterocycles. The molecule has 0 aliphatic heterocycles. The molecule has 0 fully saturated rings. The summed E-state index contributed by atoms with van der Waals surface area (Å²) in [6, 6.07) is 3.32. The molecule has 0 heterocycles. The van der Waals surface area contributed by atoms with Crippen LogP contribution in [0.15, 0.2) is 12.1 Å². The Bertz CT molecular complexity index is 599. The minimum absolute atomic E-state index is 0. The maximum absolute atomic E-state index is 12.7. The van der Waals surface area contributed by atoms with Crippen LogP contribution in [-0.2, 0) is 0 Å². The van der Waals surface area contributed by atoms with E-state index in [-0.39, 0.29) is 36.3 Å². The molecule has 0 radical (unpaired) electrons. The van der Waals surface area contributed by atoms with Gasteiger partial charge in [0.1, 0.15) is 35.5 Å². The van der Waals surface area contributed by atoms with E-state index in [4.69, 9.17) is 14.2 Å². The number of Topliss-reactive ketones (excluding diaryl/α,β-unsaturated/α-hetero) is 1. The molecule has 0 aliphatic carbocycles. The summed E-state index contributed by atoms with van der Waals surface area (Å²) in [4.78, 5) is 12.7. The third-order valence-electron chi connectivity index (χ3n) is 3.67. The number of halogens is 1. The van der Waals surface area contributed by atoms with E-state index in [0.717, 1.165) is 0 Å². The van der Waals surface area contributed by atoms with Crippen LogP contribution < -0.4 is 19.5 Å². The number of ketones is 1. The van der Waals surface area contributed by atoms with Crippen molar-refractivity contribution in [2.45, 2.75) is 52.7 Å². The van der Waals surface area contributed by atoms with Gasteiger partial charge in [0.05, 0.1) is 14.2 Å². The lowest BCUT2D eigenvalue weighted by Gasteiger charge is -2.23. The Kier molecular flexibility index (Phi) is 10.7. The average molecular weight is 404 g/mol. The number of nitrogens with one attached hydrogen (secondary N) is 1. The van der Waals surface area contributed by atoms with Crippen molar-refractivity contribution in [2.75, 3.05) is 27.4 Å². The summed E-state index contributed by atoms with van der Waals surface area (Å²) < 4.78 is 16.4. The van der Waals surface area contributed by atoms with E-state index in [2.05, 4.69) is 5.32 Å². The molecule has 0 saturated heterocycles. The third-order valence-corrected chi connectivity index (χ3v) is 3.67. The highest BCUT2D eigenvalue weighted by Crippen LogP contribution is 2.35. The van der Waals surface area contributed by atoms with Gasteiger partial charge < -0.3 is 24.6 Å². The van der Waals surface area contributed by atoms with Crippen molar-refractivity contribution in [1.82, 2.24) is 5.32 Å². The Hall–Kier alpha value is -1.50. The zero-order chi connectivity index (χ0) is 19.9. The van der Waals surface area contributed by atoms with Crippen molar-refractivity contribution >= 4 is 18.2 Å². The fourth-order valence-corrected chi connectivity index (χ4v) is 2.38. The van der Waals surface area contributed by atoms with E-state index in [9.17, 15) is 9.90 Å². The zero-order valence-corrected chi connectivity index (χ0v) is 18.2. The quantitative estimate of drug-likeness (QED) is 0.582. The summed E-state index contributed by atoms with van der Waals surface area (Å²) in [5, 5.41) is 13.4. The summed E-state index contributed by atoms with van der Waals surface area (Å²) in [5.74, 6) is 1.45. The van der Waals surface area contributed by atoms with Gasteiger partial charge in [-0.3, -0.25) is 4.79 Å². The Labute approximate surface area is 169 Å². The van der Waals surface area contributed by atoms with Gasteiger partial charge in [-0.2, -0.15) is 0 Å². The maximum atomic E-state index is 12.7. The van der Waals surface area contributed by atoms with Crippen molar-refractivity contribution in [3.63, 3.8) is 0 Å². The molecular weight excluding hydrogens is 370 g/mol. The lowest BCUT2D eigenvalue weighted by Crippen LogP contribution is -2.42. The smallest absolute Gasteiger partial charge is 0.170 e. The predicted molar refractivity (Wildman–Crippen MR) is 110 cm³/mol. The number of hydrogen-bond donors (Lipinski definition) is 2. The van der Waals surface area contributed by atoms with Crippen molar-refractivity contribution < 1.29 is 24.1 Å². The molecule has 1 aromatic rings. The number of aliphatic hydroxyl groups excluding tert-OH is 1. The van der Waals surface area contributed by atoms with Gasteiger partial charge in [-0.1, -0.05) is 13.8 Å². The van der Waals surface area contributed by atoms with Crippen LogP contribution in [0.5, 0.6) is 17.2 Å². The highest BCUT2D eigenvalue weighted by molar-refractivity contribution is 6.01. The summed E-state index contributed by atoms with van der Waals surface area (Å²) in [7, 11) is 3.04. The number of rotatable bonds is 10. The molecule has 1 atom stereocenters. The third kappa shape index (κ3) is 8.82. The second-order valence-electron chi connectivity index (χ2n) is 7.82. The van der Waals surface area contributed by atoms with Crippen molar-refractivity contribution in [3.8, 4) is 17.2 Å². The Morgan fingerprint density at radius 1 is 1.15 bits per heavy atom. The number of hydrogen-bond acceptors (Lipinski definition) is 6. The first-order valence-corrected chi connectivity index (χ1v) is 8.92. The van der Waals surface area contributed by atoms with E-state index in [1.54, 1.807) is 12.1 Å². The molecule has 1 unspecified atom stereocenters. The largest absolute Gasteiger partial charge is 0.496 e. The highest BCUT2D eigenvalue weighted by atomic mass is 35.5. The number of ether oxygens (including phenoxy) is 3. The lowest BCUT2D eigenvalue weighted by atomic mass is 9.99. The van der Waals surface area contributed by atoms with Gasteiger partial charge in [0.15, 0.2) is 5.78 Å². The van der Waals surface area contributed by atoms with E-state index in [1.165, 1.54) is 14.2 Å². The molecule has 0 spiro atoms. The van der Waals surface area contributed by atoms with Gasteiger partial charge in [-0.25, -0.2) is 0 Å². The normalized spacial score (nSPS) is 12.3. The first-order valence-electron chi connectivity index (χ1n) is 8.92. The number of β-amino-alcohol motifs (C(OH)–C–C–N with tert-alkyl or cyclic N) is 1. The topological polar surface area (TPSA) is 77.0 Å². The van der Waals surface area contributed by atoms with Crippen LogP contribution in [0.2, 0.25) is 0 Å². The van der Waals surface area contributed by atoms with E-state index in [1.807, 2.05) is 34.6 Å². The van der Waals surface area contributed by atoms with Gasteiger partial charge >= 0.3 is 0 Å². The van der Waals surface area contributed by atoms with Gasteiger partial charge in [-0.15, -0.1) is 12.4 Å². The Balaban J connectivity index is 0.00000676. The molecule has 0 bridgehead atoms. The SMILES string of the molecule is COc1cc(OC)c(C(=O)CC(C)C)c(OCC(O)CNC(C)(C)C)c1.Cl. The summed E-state index contributed by atoms with van der Waals surface area (Å²) >= 11 is 0. The molecule has 0 aliphatic rings. The summed E-state index contributed by atoms with van der Waals surface area (Å²) in [5.41, 5.74) is 0.288. The van der Waals surface area contributed by atoms with Gasteiger partial charge in [0.25, 0.3) is 0 Å². The predicted octanol–water partition coefficient (Wildman–Crippen LogP) is 3.48. The number of aliphatic hydroxyl groups is 1. The van der Waals surface area contributed by atoms with Crippen LogP contribution in [0, 0.1) is 5.92 Å². The highest BCUT2D eigenvalue weighted by Gasteiger charge is 2.22. The zero-order valence-electron chi connectivity index (χ0n) is 17.4. The van der Waals surface area contributed by atoms with Crippen LogP contribution in [0.4, 0.5) is 0 Å². The number of carbonyl (C=O) groups is 1. The number of carbonyl (C=O) groups excluding carboxylic acids is 1. The molecular formula is C20H34ClNO5. The monoisotopic (exact) mass is 403 g/mol. The second kappa shape index (κ2) is 11.4. The Morgan fingerprint density at radius 2 is 1.74 bits per heavy atom. The number of benzene rings is 1. The van der Waals surface area contributed by atoms with Crippen LogP contribution in [-0.4, -0.2) is 49.9 Å². The molecule has 2 N–H and O–H groups in total. The minimum Gasteiger partial charge on any atom is -0.496 e. The van der Waals surface area contributed by atoms with Gasteiger partial charge in [0, 0.05) is 30.6 Å². The molecule has 6 nitrogen and oxygen atoms in total. The summed E-state index contributed by atoms with van der Waals surface area (Å²) in [6.07, 6.45) is -0.327. The molecule has 0 saturated carbocycles. The van der Waals surface area contributed by atoms with Crippen LogP contribution in [0.1, 0.15) is 51.4 Å². The van der Waals surface area contributed by atoms with E-state index < -0.39 is 6.10 Å². The standard InChI is InChI=1S/C20H33NO5.ClH/c1-13(2)8-16(23)19-17(25-7)9-15(24-6)10-18(19)26-12-14(22)11-21-20(3,4)5;/h9-10,13-14,21-22H,8,11-12H2,1-7H3;1H. The first-order chi connectivity index (χ1) is 12.1. The van der Waals surface area contributed by atoms with Crippen molar-refractivity contribution in [2.24, 2.45) is 5.92 Å². The van der Waals surface area contributed by atoms with Gasteiger partial charge in [0.2, 0.25) is 0 Å². The molecule has 0 amide bonds. The van der Waals surface area contributed by atoms with Crippen LogP contribution in [0.3, 0.4) is 0 Å². The van der Waals surface area contributed by atoms with Crippen LogP contribution >= 0.6 is 12.4 Å². The second-order valence-corrected chi connectivity index (χ2v) is 7.82. The van der Waals surface area contributed by atoms with Gasteiger partial charge in [-0.05, 0) is 26.7 Å². The fraction of sp³-hybridized carbons (Fsp3) is 0.650. The molecule has 1 aromatic carbocycles. The average Bonchev–Trinajstić information content (AvgIpc) is 2.55. The number of methoxy groups -OCH3 is 2. The van der Waals surface area contributed by atoms with Crippen molar-refractivity contribution in [1.29, 1.82) is 0 Å². The fourth-order valence-electron chi connectivity index (χ4n) is 2.38. The maximum Gasteiger partial charge on any atom is 0.170 e. The molecule has 156 valence electrons. The van der Waals surface area contributed by atoms with Crippen LogP contribution in [0.25, 0.3) is 0 Å². The Morgan fingerprint density at radius 3 is 2.22 bits per heavy atom. The van der Waals surface area contributed by atoms with Crippen molar-refractivity contribution in [3.05, 3.63) is 17.7 Å².